The van der Waals surface area contributed by atoms with E-state index in [1.54, 1.807) is 13.1 Å². The number of alkyl halides is 3. The predicted octanol–water partition coefficient (Wildman–Crippen LogP) is 2.40. The molecule has 1 aliphatic heterocycles. The summed E-state index contributed by atoms with van der Waals surface area (Å²) in [5, 5.41) is 2.85. The maximum absolute atomic E-state index is 13.0. The summed E-state index contributed by atoms with van der Waals surface area (Å²) in [5.74, 6) is -0.345. The zero-order chi connectivity index (χ0) is 15.0. The van der Waals surface area contributed by atoms with Crippen molar-refractivity contribution in [3.8, 4) is 0 Å². The first-order valence-electron chi connectivity index (χ1n) is 6.28. The smallest absolute Gasteiger partial charge is 0.313 e. The standard InChI is InChI=1S/C13H16F3NO2S/c1-17-12(9-6-7-20(18,19)8-9)10-4-2-3-5-11(10)13(14,15)16/h2-5,9,12,17H,6-8H2,1H3. The minimum absolute atomic E-state index is 0.0457. The van der Waals surface area contributed by atoms with E-state index in [-0.39, 0.29) is 23.0 Å². The first-order chi connectivity index (χ1) is 9.24. The number of sulfone groups is 1. The van der Waals surface area contributed by atoms with Crippen LogP contribution < -0.4 is 5.32 Å². The van der Waals surface area contributed by atoms with Crippen LogP contribution in [0.5, 0.6) is 0 Å². The predicted molar refractivity (Wildman–Crippen MR) is 70.0 cm³/mol. The molecule has 0 radical (unpaired) electrons. The van der Waals surface area contributed by atoms with Crippen LogP contribution in [0.3, 0.4) is 0 Å². The number of halogens is 3. The molecule has 0 amide bonds. The van der Waals surface area contributed by atoms with Crippen LogP contribution in [0.15, 0.2) is 24.3 Å². The van der Waals surface area contributed by atoms with Crippen LogP contribution >= 0.6 is 0 Å². The normalized spacial score (nSPS) is 23.7. The molecule has 1 saturated heterocycles. The van der Waals surface area contributed by atoms with Crippen molar-refractivity contribution in [1.29, 1.82) is 0 Å². The summed E-state index contributed by atoms with van der Waals surface area (Å²) in [4.78, 5) is 0. The third-order valence-electron chi connectivity index (χ3n) is 3.65. The fourth-order valence-electron chi connectivity index (χ4n) is 2.76. The Morgan fingerprint density at radius 1 is 1.30 bits per heavy atom. The van der Waals surface area contributed by atoms with Gasteiger partial charge in [-0.25, -0.2) is 8.42 Å². The van der Waals surface area contributed by atoms with E-state index < -0.39 is 27.6 Å². The third kappa shape index (κ3) is 3.15. The Labute approximate surface area is 116 Å². The number of rotatable bonds is 3. The van der Waals surface area contributed by atoms with Crippen LogP contribution in [0.1, 0.15) is 23.6 Å². The zero-order valence-corrected chi connectivity index (χ0v) is 11.8. The lowest BCUT2D eigenvalue weighted by Gasteiger charge is -2.25. The maximum atomic E-state index is 13.0. The van der Waals surface area contributed by atoms with Crippen LogP contribution in [-0.4, -0.2) is 27.0 Å². The van der Waals surface area contributed by atoms with Crippen LogP contribution in [0.25, 0.3) is 0 Å². The van der Waals surface area contributed by atoms with Gasteiger partial charge in [-0.3, -0.25) is 0 Å². The molecule has 1 heterocycles. The lowest BCUT2D eigenvalue weighted by atomic mass is 9.89. The molecule has 1 aromatic carbocycles. The van der Waals surface area contributed by atoms with E-state index in [4.69, 9.17) is 0 Å². The second kappa shape index (κ2) is 5.37. The fourth-order valence-corrected chi connectivity index (χ4v) is 4.60. The van der Waals surface area contributed by atoms with Gasteiger partial charge in [0.1, 0.15) is 0 Å². The first kappa shape index (κ1) is 15.3. The molecule has 3 nitrogen and oxygen atoms in total. The largest absolute Gasteiger partial charge is 0.416 e. The van der Waals surface area contributed by atoms with E-state index >= 15 is 0 Å². The third-order valence-corrected chi connectivity index (χ3v) is 5.45. The van der Waals surface area contributed by atoms with Gasteiger partial charge in [0.2, 0.25) is 0 Å². The summed E-state index contributed by atoms with van der Waals surface area (Å²) in [6.07, 6.45) is -4.05. The molecule has 2 rings (SSSR count). The minimum atomic E-state index is -4.44. The van der Waals surface area contributed by atoms with E-state index in [2.05, 4.69) is 5.32 Å². The molecule has 0 saturated carbocycles. The van der Waals surface area contributed by atoms with Crippen molar-refractivity contribution in [3.05, 3.63) is 35.4 Å². The second-order valence-corrected chi connectivity index (χ2v) is 7.24. The van der Waals surface area contributed by atoms with Gasteiger partial charge in [-0.1, -0.05) is 18.2 Å². The van der Waals surface area contributed by atoms with Gasteiger partial charge < -0.3 is 5.32 Å². The van der Waals surface area contributed by atoms with Gasteiger partial charge in [0.25, 0.3) is 0 Å². The van der Waals surface area contributed by atoms with Crippen molar-refractivity contribution in [2.24, 2.45) is 5.92 Å². The summed E-state index contributed by atoms with van der Waals surface area (Å²) < 4.78 is 62.2. The van der Waals surface area contributed by atoms with E-state index in [0.717, 1.165) is 6.07 Å². The van der Waals surface area contributed by atoms with Crippen molar-refractivity contribution in [2.45, 2.75) is 18.6 Å². The molecule has 0 spiro atoms. The average molecular weight is 307 g/mol. The van der Waals surface area contributed by atoms with Gasteiger partial charge in [0.15, 0.2) is 9.84 Å². The van der Waals surface area contributed by atoms with Crippen molar-refractivity contribution in [2.75, 3.05) is 18.6 Å². The molecule has 2 unspecified atom stereocenters. The van der Waals surface area contributed by atoms with Crippen LogP contribution in [-0.2, 0) is 16.0 Å². The Hall–Kier alpha value is -1.08. The fraction of sp³-hybridized carbons (Fsp3) is 0.538. The Balaban J connectivity index is 2.38. The summed E-state index contributed by atoms with van der Waals surface area (Å²) >= 11 is 0. The molecule has 1 N–H and O–H groups in total. The van der Waals surface area contributed by atoms with Crippen molar-refractivity contribution in [1.82, 2.24) is 5.32 Å². The lowest BCUT2D eigenvalue weighted by Crippen LogP contribution is -2.28. The summed E-state index contributed by atoms with van der Waals surface area (Å²) in [6.45, 7) is 0. The SMILES string of the molecule is CNC(c1ccccc1C(F)(F)F)C1CCS(=O)(=O)C1. The van der Waals surface area contributed by atoms with Crippen molar-refractivity contribution >= 4 is 9.84 Å². The highest BCUT2D eigenvalue weighted by molar-refractivity contribution is 7.91. The number of hydrogen-bond donors (Lipinski definition) is 1. The van der Waals surface area contributed by atoms with E-state index in [1.807, 2.05) is 0 Å². The van der Waals surface area contributed by atoms with Crippen molar-refractivity contribution < 1.29 is 21.6 Å². The van der Waals surface area contributed by atoms with Gasteiger partial charge in [-0.15, -0.1) is 0 Å². The molecule has 1 aromatic rings. The van der Waals surface area contributed by atoms with E-state index in [0.29, 0.717) is 6.42 Å². The van der Waals surface area contributed by atoms with Gasteiger partial charge in [-0.2, -0.15) is 13.2 Å². The van der Waals surface area contributed by atoms with E-state index in [9.17, 15) is 21.6 Å². The van der Waals surface area contributed by atoms with Gasteiger partial charge in [-0.05, 0) is 31.0 Å². The summed E-state index contributed by atoms with van der Waals surface area (Å²) in [6, 6.07) is 4.71. The molecule has 1 aliphatic rings. The molecule has 7 heteroatoms. The highest BCUT2D eigenvalue weighted by Crippen LogP contribution is 2.39. The molecule has 0 aliphatic carbocycles. The van der Waals surface area contributed by atoms with Gasteiger partial charge >= 0.3 is 6.18 Å². The topological polar surface area (TPSA) is 46.2 Å². The van der Waals surface area contributed by atoms with Crippen molar-refractivity contribution in [3.63, 3.8) is 0 Å². The summed E-state index contributed by atoms with van der Waals surface area (Å²) in [7, 11) is -1.57. The molecule has 0 aromatic heterocycles. The molecule has 2 atom stereocenters. The highest BCUT2D eigenvalue weighted by atomic mass is 32.2. The Morgan fingerprint density at radius 3 is 2.45 bits per heavy atom. The Bertz CT molecular complexity index is 584. The Kier molecular flexibility index (Phi) is 4.11. The van der Waals surface area contributed by atoms with Crippen LogP contribution in [0.2, 0.25) is 0 Å². The number of benzene rings is 1. The molecular weight excluding hydrogens is 291 g/mol. The monoisotopic (exact) mass is 307 g/mol. The summed E-state index contributed by atoms with van der Waals surface area (Å²) in [5.41, 5.74) is -0.590. The second-order valence-electron chi connectivity index (χ2n) is 5.01. The number of nitrogens with one attached hydrogen (secondary N) is 1. The molecule has 0 bridgehead atoms. The first-order valence-corrected chi connectivity index (χ1v) is 8.10. The van der Waals surface area contributed by atoms with Crippen LogP contribution in [0, 0.1) is 5.92 Å². The zero-order valence-electron chi connectivity index (χ0n) is 10.9. The quantitative estimate of drug-likeness (QED) is 0.933. The highest BCUT2D eigenvalue weighted by Gasteiger charge is 2.39. The lowest BCUT2D eigenvalue weighted by molar-refractivity contribution is -0.138. The minimum Gasteiger partial charge on any atom is -0.313 e. The van der Waals surface area contributed by atoms with Gasteiger partial charge in [0.05, 0.1) is 17.1 Å². The Morgan fingerprint density at radius 2 is 1.95 bits per heavy atom. The molecule has 1 fully saturated rings. The molecular formula is C13H16F3NO2S. The molecule has 20 heavy (non-hydrogen) atoms. The maximum Gasteiger partial charge on any atom is 0.416 e. The van der Waals surface area contributed by atoms with Gasteiger partial charge in [0, 0.05) is 6.04 Å². The van der Waals surface area contributed by atoms with E-state index in [1.165, 1.54) is 12.1 Å². The van der Waals surface area contributed by atoms with Crippen LogP contribution in [0.4, 0.5) is 13.2 Å². The average Bonchev–Trinajstić information content (AvgIpc) is 2.70. The molecule has 112 valence electrons. The number of hydrogen-bond acceptors (Lipinski definition) is 3.